The highest BCUT2D eigenvalue weighted by molar-refractivity contribution is 14.1. The molecule has 3 heterocycles. The zero-order valence-corrected chi connectivity index (χ0v) is 22.3. The number of ketones is 1. The van der Waals surface area contributed by atoms with Gasteiger partial charge in [-0.25, -0.2) is 9.97 Å². The quantitative estimate of drug-likeness (QED) is 0.160. The molecule has 1 fully saturated rings. The minimum atomic E-state index is 0.222. The first kappa shape index (κ1) is 25.0. The zero-order chi connectivity index (χ0) is 23.8. The van der Waals surface area contributed by atoms with Crippen molar-refractivity contribution in [1.29, 1.82) is 0 Å². The molecule has 1 amide bonds. The summed E-state index contributed by atoms with van der Waals surface area (Å²) in [5, 5.41) is 1.95. The van der Waals surface area contributed by atoms with Crippen molar-refractivity contribution >= 4 is 45.6 Å². The van der Waals surface area contributed by atoms with Crippen molar-refractivity contribution in [2.24, 2.45) is 0 Å². The Hall–Kier alpha value is -2.13. The standard InChI is InChI=1S/C27H30IN3O2S/c28-22-19-29-26(30-23(22)10-2-1-3-11-24(32)25-12-7-15-34-25)17-20-8-6-9-21(16-20)18-27(33)31-13-4-5-14-31/h6-9,12,15-16,19H,1-5,10-11,13-14,17-18H2. The van der Waals surface area contributed by atoms with Crippen LogP contribution < -0.4 is 0 Å². The fourth-order valence-corrected chi connectivity index (χ4v) is 5.53. The van der Waals surface area contributed by atoms with E-state index in [-0.39, 0.29) is 11.7 Å². The van der Waals surface area contributed by atoms with Crippen LogP contribution in [-0.2, 0) is 24.1 Å². The second-order valence-corrected chi connectivity index (χ2v) is 10.9. The summed E-state index contributed by atoms with van der Waals surface area (Å²) in [6.45, 7) is 1.78. The molecule has 0 saturated carbocycles. The summed E-state index contributed by atoms with van der Waals surface area (Å²) in [6.07, 6.45) is 9.70. The van der Waals surface area contributed by atoms with Crippen LogP contribution in [0.1, 0.15) is 70.8 Å². The van der Waals surface area contributed by atoms with E-state index in [1.807, 2.05) is 40.7 Å². The Morgan fingerprint density at radius 3 is 2.65 bits per heavy atom. The number of halogens is 1. The lowest BCUT2D eigenvalue weighted by Crippen LogP contribution is -2.29. The molecule has 34 heavy (non-hydrogen) atoms. The summed E-state index contributed by atoms with van der Waals surface area (Å²) in [4.78, 5) is 36.8. The molecule has 1 aliphatic heterocycles. The minimum absolute atomic E-state index is 0.222. The summed E-state index contributed by atoms with van der Waals surface area (Å²) < 4.78 is 1.08. The number of thiophene rings is 1. The van der Waals surface area contributed by atoms with Crippen LogP contribution in [0.2, 0.25) is 0 Å². The fourth-order valence-electron chi connectivity index (χ4n) is 4.30. The number of rotatable bonds is 11. The molecule has 0 atom stereocenters. The van der Waals surface area contributed by atoms with Crippen LogP contribution in [0.5, 0.6) is 0 Å². The van der Waals surface area contributed by atoms with Crippen molar-refractivity contribution in [1.82, 2.24) is 14.9 Å². The normalized spacial score (nSPS) is 13.4. The van der Waals surface area contributed by atoms with Crippen LogP contribution in [0, 0.1) is 3.57 Å². The number of aryl methyl sites for hydroxylation is 1. The first-order valence-corrected chi connectivity index (χ1v) is 14.0. The van der Waals surface area contributed by atoms with Crippen LogP contribution in [0.3, 0.4) is 0 Å². The van der Waals surface area contributed by atoms with E-state index in [0.29, 0.717) is 19.3 Å². The lowest BCUT2D eigenvalue weighted by molar-refractivity contribution is -0.129. The highest BCUT2D eigenvalue weighted by Gasteiger charge is 2.18. The fraction of sp³-hybridized carbons (Fsp3) is 0.407. The lowest BCUT2D eigenvalue weighted by atomic mass is 10.0. The second kappa shape index (κ2) is 12.5. The minimum Gasteiger partial charge on any atom is -0.342 e. The summed E-state index contributed by atoms with van der Waals surface area (Å²) in [7, 11) is 0. The van der Waals surface area contributed by atoms with Gasteiger partial charge in [0.1, 0.15) is 5.82 Å². The molecule has 178 valence electrons. The van der Waals surface area contributed by atoms with Gasteiger partial charge >= 0.3 is 0 Å². The summed E-state index contributed by atoms with van der Waals surface area (Å²) in [5.74, 6) is 1.28. The molecule has 1 aliphatic rings. The van der Waals surface area contributed by atoms with Gasteiger partial charge in [0.2, 0.25) is 5.91 Å². The van der Waals surface area contributed by atoms with Gasteiger partial charge in [0.05, 0.1) is 20.6 Å². The number of amides is 1. The van der Waals surface area contributed by atoms with Crippen molar-refractivity contribution in [2.75, 3.05) is 13.1 Å². The Kier molecular flexibility index (Phi) is 9.21. The van der Waals surface area contributed by atoms with Crippen molar-refractivity contribution in [3.05, 3.63) is 79.1 Å². The predicted molar refractivity (Wildman–Crippen MR) is 144 cm³/mol. The number of benzene rings is 1. The number of carbonyl (C=O) groups excluding carboxylic acids is 2. The first-order valence-electron chi connectivity index (χ1n) is 12.0. The Labute approximate surface area is 219 Å². The first-order chi connectivity index (χ1) is 16.6. The number of likely N-dealkylation sites (tertiary alicyclic amines) is 1. The van der Waals surface area contributed by atoms with Gasteiger partial charge in [-0.3, -0.25) is 9.59 Å². The SMILES string of the molecule is O=C(CCCCCc1nc(Cc2cccc(CC(=O)N3CCCC3)c2)ncc1I)c1cccs1. The van der Waals surface area contributed by atoms with E-state index in [0.717, 1.165) is 82.7 Å². The average Bonchev–Trinajstić information content (AvgIpc) is 3.56. The molecule has 3 aromatic rings. The third kappa shape index (κ3) is 7.18. The van der Waals surface area contributed by atoms with E-state index in [1.54, 1.807) is 0 Å². The van der Waals surface area contributed by atoms with Gasteiger partial charge in [0.15, 0.2) is 5.78 Å². The molecule has 2 aromatic heterocycles. The van der Waals surface area contributed by atoms with Crippen LogP contribution in [0.4, 0.5) is 0 Å². The maximum Gasteiger partial charge on any atom is 0.226 e. The van der Waals surface area contributed by atoms with Gasteiger partial charge in [-0.15, -0.1) is 11.3 Å². The Morgan fingerprint density at radius 2 is 1.85 bits per heavy atom. The molecule has 5 nitrogen and oxygen atoms in total. The van der Waals surface area contributed by atoms with Gasteiger partial charge in [-0.2, -0.15) is 0 Å². The largest absolute Gasteiger partial charge is 0.342 e. The number of carbonyl (C=O) groups is 2. The zero-order valence-electron chi connectivity index (χ0n) is 19.3. The molecule has 0 radical (unpaired) electrons. The van der Waals surface area contributed by atoms with E-state index in [2.05, 4.69) is 39.7 Å². The van der Waals surface area contributed by atoms with Gasteiger partial charge < -0.3 is 4.90 Å². The number of hydrogen-bond donors (Lipinski definition) is 0. The van der Waals surface area contributed by atoms with Crippen molar-refractivity contribution < 1.29 is 9.59 Å². The van der Waals surface area contributed by atoms with E-state index >= 15 is 0 Å². The van der Waals surface area contributed by atoms with E-state index in [4.69, 9.17) is 4.98 Å². The topological polar surface area (TPSA) is 63.2 Å². The molecule has 0 N–H and O–H groups in total. The van der Waals surface area contributed by atoms with Crippen LogP contribution in [0.25, 0.3) is 0 Å². The number of aromatic nitrogens is 2. The Balaban J connectivity index is 1.28. The number of hydrogen-bond acceptors (Lipinski definition) is 5. The Bertz CT molecular complexity index is 1110. The molecule has 1 aromatic carbocycles. The van der Waals surface area contributed by atoms with Gasteiger partial charge in [-0.05, 0) is 77.3 Å². The molecule has 1 saturated heterocycles. The lowest BCUT2D eigenvalue weighted by Gasteiger charge is -2.15. The van der Waals surface area contributed by atoms with E-state index < -0.39 is 0 Å². The molecule has 0 unspecified atom stereocenters. The average molecular weight is 588 g/mol. The third-order valence-corrected chi connectivity index (χ3v) is 7.96. The smallest absolute Gasteiger partial charge is 0.226 e. The molecule has 4 rings (SSSR count). The maximum absolute atomic E-state index is 12.5. The molecule has 0 aliphatic carbocycles. The molecule has 0 bridgehead atoms. The summed E-state index contributed by atoms with van der Waals surface area (Å²) in [5.41, 5.74) is 3.26. The third-order valence-electron chi connectivity index (χ3n) is 6.15. The summed E-state index contributed by atoms with van der Waals surface area (Å²) >= 11 is 3.82. The van der Waals surface area contributed by atoms with Crippen LogP contribution in [0.15, 0.2) is 48.0 Å². The van der Waals surface area contributed by atoms with Gasteiger partial charge in [-0.1, -0.05) is 36.8 Å². The Morgan fingerprint density at radius 1 is 1.03 bits per heavy atom. The second-order valence-electron chi connectivity index (χ2n) is 8.80. The van der Waals surface area contributed by atoms with Gasteiger partial charge in [0, 0.05) is 32.1 Å². The van der Waals surface area contributed by atoms with Crippen molar-refractivity contribution in [3.8, 4) is 0 Å². The van der Waals surface area contributed by atoms with E-state index in [9.17, 15) is 9.59 Å². The van der Waals surface area contributed by atoms with Gasteiger partial charge in [0.25, 0.3) is 0 Å². The van der Waals surface area contributed by atoms with Crippen LogP contribution in [-0.4, -0.2) is 39.6 Å². The number of unbranched alkanes of at least 4 members (excludes halogenated alkanes) is 2. The monoisotopic (exact) mass is 587 g/mol. The molecular formula is C27H30IN3O2S. The highest BCUT2D eigenvalue weighted by atomic mass is 127. The molecule has 0 spiro atoms. The van der Waals surface area contributed by atoms with Crippen molar-refractivity contribution in [2.45, 2.75) is 57.8 Å². The predicted octanol–water partition coefficient (Wildman–Crippen LogP) is 5.88. The molecule has 7 heteroatoms. The van der Waals surface area contributed by atoms with E-state index in [1.165, 1.54) is 11.3 Å². The number of nitrogens with zero attached hydrogens (tertiary/aromatic N) is 3. The van der Waals surface area contributed by atoms with Crippen LogP contribution >= 0.6 is 33.9 Å². The molecular weight excluding hydrogens is 557 g/mol. The van der Waals surface area contributed by atoms with Crippen molar-refractivity contribution in [3.63, 3.8) is 0 Å². The summed E-state index contributed by atoms with van der Waals surface area (Å²) in [6, 6.07) is 12.1. The number of Topliss-reactive ketones (excluding diaryl/α,β-unsaturated/α-hetero) is 1. The maximum atomic E-state index is 12.5. The highest BCUT2D eigenvalue weighted by Crippen LogP contribution is 2.18.